The Morgan fingerprint density at radius 1 is 1.19 bits per heavy atom. The van der Waals surface area contributed by atoms with Crippen molar-refractivity contribution >= 4 is 29.3 Å². The first-order valence-corrected chi connectivity index (χ1v) is 6.28. The van der Waals surface area contributed by atoms with E-state index >= 15 is 0 Å². The normalized spacial score (nSPS) is 9.81. The van der Waals surface area contributed by atoms with E-state index in [9.17, 15) is 9.59 Å². The summed E-state index contributed by atoms with van der Waals surface area (Å²) >= 11 is 4.70. The number of carbonyl (C=O) groups is 2. The molecule has 3 nitrogen and oxygen atoms in total. The van der Waals surface area contributed by atoms with Gasteiger partial charge in [0.15, 0.2) is 0 Å². The number of esters is 1. The van der Waals surface area contributed by atoms with Gasteiger partial charge in [0.25, 0.3) is 0 Å². The number of ketones is 1. The molecule has 4 heteroatoms. The summed E-state index contributed by atoms with van der Waals surface area (Å²) in [5, 5.41) is 1.72. The Morgan fingerprint density at radius 3 is 2.56 bits per heavy atom. The van der Waals surface area contributed by atoms with Crippen LogP contribution in [-0.2, 0) is 14.3 Å². The van der Waals surface area contributed by atoms with Gasteiger partial charge in [-0.3, -0.25) is 9.59 Å². The molecule has 0 atom stereocenters. The average molecular weight is 244 g/mol. The first-order valence-electron chi connectivity index (χ1n) is 5.81. The van der Waals surface area contributed by atoms with Gasteiger partial charge in [0.2, 0.25) is 0 Å². The van der Waals surface area contributed by atoms with Gasteiger partial charge in [-0.1, -0.05) is 19.1 Å². The molecule has 0 aliphatic rings. The summed E-state index contributed by atoms with van der Waals surface area (Å²) < 4.78 is 4.99. The van der Waals surface area contributed by atoms with Crippen molar-refractivity contribution < 1.29 is 14.3 Å². The lowest BCUT2D eigenvalue weighted by atomic mass is 10.2. The van der Waals surface area contributed by atoms with E-state index in [1.807, 2.05) is 0 Å². The van der Waals surface area contributed by atoms with Gasteiger partial charge in [-0.15, -0.1) is 0 Å². The highest BCUT2D eigenvalue weighted by Gasteiger charge is 2.05. The molecule has 0 heterocycles. The quantitative estimate of drug-likeness (QED) is 0.337. The van der Waals surface area contributed by atoms with Crippen LogP contribution in [-0.4, -0.2) is 23.7 Å². The molecule has 0 amide bonds. The molecule has 0 radical (unpaired) electrons. The Labute approximate surface area is 103 Å². The van der Waals surface area contributed by atoms with Crippen LogP contribution in [0.15, 0.2) is 0 Å². The molecule has 0 saturated carbocycles. The fourth-order valence-electron chi connectivity index (χ4n) is 1.18. The van der Waals surface area contributed by atoms with Gasteiger partial charge in [0.1, 0.15) is 5.78 Å². The van der Waals surface area contributed by atoms with Gasteiger partial charge in [-0.25, -0.2) is 0 Å². The van der Waals surface area contributed by atoms with Crippen molar-refractivity contribution in [3.05, 3.63) is 0 Å². The van der Waals surface area contributed by atoms with Crippen LogP contribution in [0.4, 0.5) is 0 Å². The third kappa shape index (κ3) is 9.77. The van der Waals surface area contributed by atoms with E-state index in [4.69, 9.17) is 17.0 Å². The standard InChI is InChI=1S/C12H20O3S/c1-2-11(13)7-8-12(14)15-9-5-3-4-6-10-16/h10H,2-9H2,1H3. The second kappa shape index (κ2) is 10.7. The van der Waals surface area contributed by atoms with Crippen molar-refractivity contribution in [1.29, 1.82) is 0 Å². The van der Waals surface area contributed by atoms with E-state index < -0.39 is 0 Å². The van der Waals surface area contributed by atoms with Gasteiger partial charge >= 0.3 is 5.97 Å². The molecule has 0 unspecified atom stereocenters. The maximum Gasteiger partial charge on any atom is 0.306 e. The van der Waals surface area contributed by atoms with Crippen LogP contribution in [0.3, 0.4) is 0 Å². The van der Waals surface area contributed by atoms with Gasteiger partial charge in [0.05, 0.1) is 13.0 Å². The third-order valence-electron chi connectivity index (χ3n) is 2.23. The predicted octanol–water partition coefficient (Wildman–Crippen LogP) is 2.85. The lowest BCUT2D eigenvalue weighted by Gasteiger charge is -2.03. The molecule has 0 bridgehead atoms. The summed E-state index contributed by atoms with van der Waals surface area (Å²) in [6, 6.07) is 0. The lowest BCUT2D eigenvalue weighted by Crippen LogP contribution is -2.08. The fraction of sp³-hybridized carbons (Fsp3) is 0.750. The monoisotopic (exact) mass is 244 g/mol. The minimum atomic E-state index is -0.267. The summed E-state index contributed by atoms with van der Waals surface area (Å²) in [7, 11) is 0. The van der Waals surface area contributed by atoms with Crippen LogP contribution in [0.1, 0.15) is 51.9 Å². The SMILES string of the molecule is CCC(=O)CCC(=O)OCCCCCC=S. The predicted molar refractivity (Wildman–Crippen MR) is 67.6 cm³/mol. The van der Waals surface area contributed by atoms with Crippen LogP contribution >= 0.6 is 12.2 Å². The van der Waals surface area contributed by atoms with Crippen molar-refractivity contribution in [3.63, 3.8) is 0 Å². The Hall–Kier alpha value is -0.770. The summed E-state index contributed by atoms with van der Waals surface area (Å²) in [5.41, 5.74) is 0. The summed E-state index contributed by atoms with van der Waals surface area (Å²) in [4.78, 5) is 22.1. The van der Waals surface area contributed by atoms with E-state index in [2.05, 4.69) is 0 Å². The smallest absolute Gasteiger partial charge is 0.306 e. The second-order valence-corrected chi connectivity index (χ2v) is 3.96. The van der Waals surface area contributed by atoms with Crippen molar-refractivity contribution in [2.24, 2.45) is 0 Å². The fourth-order valence-corrected chi connectivity index (χ4v) is 1.35. The molecule has 0 fully saturated rings. The summed E-state index contributed by atoms with van der Waals surface area (Å²) in [6.45, 7) is 2.25. The molecule has 0 rings (SSSR count). The number of Topliss-reactive ketones (excluding diaryl/α,β-unsaturated/α-hetero) is 1. The molecule has 92 valence electrons. The van der Waals surface area contributed by atoms with Gasteiger partial charge in [-0.2, -0.15) is 0 Å². The molecule has 0 saturated heterocycles. The molecule has 16 heavy (non-hydrogen) atoms. The van der Waals surface area contributed by atoms with Crippen LogP contribution in [0.5, 0.6) is 0 Å². The Kier molecular flexibility index (Phi) is 10.2. The summed E-state index contributed by atoms with van der Waals surface area (Å²) in [6.07, 6.45) is 4.90. The van der Waals surface area contributed by atoms with Crippen molar-refractivity contribution in [2.75, 3.05) is 6.61 Å². The summed E-state index contributed by atoms with van der Waals surface area (Å²) in [5.74, 6) is -0.158. The van der Waals surface area contributed by atoms with Crippen LogP contribution in [0.25, 0.3) is 0 Å². The minimum Gasteiger partial charge on any atom is -0.466 e. The van der Waals surface area contributed by atoms with Crippen molar-refractivity contribution in [3.8, 4) is 0 Å². The molecule has 0 aliphatic carbocycles. The van der Waals surface area contributed by atoms with Crippen LogP contribution < -0.4 is 0 Å². The molecule has 0 N–H and O–H groups in total. The Bertz CT molecular complexity index is 226. The first kappa shape index (κ1) is 15.2. The third-order valence-corrected chi connectivity index (χ3v) is 2.47. The first-order chi connectivity index (χ1) is 7.70. The van der Waals surface area contributed by atoms with E-state index in [0.29, 0.717) is 19.4 Å². The number of hydrogen-bond acceptors (Lipinski definition) is 4. The van der Waals surface area contributed by atoms with E-state index in [0.717, 1.165) is 25.7 Å². The number of unbranched alkanes of at least 4 members (excludes halogenated alkanes) is 3. The molecule has 0 spiro atoms. The van der Waals surface area contributed by atoms with Gasteiger partial charge in [-0.05, 0) is 31.1 Å². The lowest BCUT2D eigenvalue weighted by molar-refractivity contribution is -0.144. The molecular formula is C12H20O3S. The number of carbonyl (C=O) groups excluding carboxylic acids is 2. The number of rotatable bonds is 10. The van der Waals surface area contributed by atoms with E-state index in [1.54, 1.807) is 12.3 Å². The number of ether oxygens (including phenoxy) is 1. The minimum absolute atomic E-state index is 0.109. The highest BCUT2D eigenvalue weighted by atomic mass is 32.1. The van der Waals surface area contributed by atoms with E-state index in [-0.39, 0.29) is 18.2 Å². The zero-order chi connectivity index (χ0) is 12.2. The molecule has 0 aliphatic heterocycles. The Morgan fingerprint density at radius 2 is 1.94 bits per heavy atom. The van der Waals surface area contributed by atoms with Crippen molar-refractivity contribution in [1.82, 2.24) is 0 Å². The maximum absolute atomic E-state index is 11.2. The molecule has 0 aromatic carbocycles. The van der Waals surface area contributed by atoms with Crippen LogP contribution in [0.2, 0.25) is 0 Å². The Balaban J connectivity index is 3.30. The van der Waals surface area contributed by atoms with E-state index in [1.165, 1.54) is 0 Å². The average Bonchev–Trinajstić information content (AvgIpc) is 2.30. The molecule has 0 aromatic rings. The highest BCUT2D eigenvalue weighted by molar-refractivity contribution is 7.78. The second-order valence-electron chi connectivity index (χ2n) is 3.63. The molecule has 0 aromatic heterocycles. The van der Waals surface area contributed by atoms with Gasteiger partial charge < -0.3 is 4.74 Å². The zero-order valence-electron chi connectivity index (χ0n) is 9.87. The van der Waals surface area contributed by atoms with Gasteiger partial charge in [0, 0.05) is 12.8 Å². The molecular weight excluding hydrogens is 224 g/mol. The number of hydrogen-bond donors (Lipinski definition) is 0. The topological polar surface area (TPSA) is 43.4 Å². The number of thiocarbonyl (C=S) groups is 1. The van der Waals surface area contributed by atoms with Crippen molar-refractivity contribution in [2.45, 2.75) is 51.9 Å². The highest BCUT2D eigenvalue weighted by Crippen LogP contribution is 2.01. The zero-order valence-corrected chi connectivity index (χ0v) is 10.7. The maximum atomic E-state index is 11.2. The van der Waals surface area contributed by atoms with Crippen LogP contribution in [0, 0.1) is 0 Å². The largest absolute Gasteiger partial charge is 0.466 e.